The lowest BCUT2D eigenvalue weighted by atomic mass is 10.2. The Morgan fingerprint density at radius 2 is 2.12 bits per heavy atom. The molecule has 0 fully saturated rings. The zero-order valence-electron chi connectivity index (χ0n) is 8.51. The standard InChI is InChI=1S/C9H12N2O5/c1-4(12)7(9(14)15)11-8(13)5-2-3-6(10)16-5/h2-4,7,12H,10H2,1H3,(H,11,13)(H,14,15). The molecule has 1 heterocycles. The molecule has 0 spiro atoms. The SMILES string of the molecule is CC(O)C(NC(=O)c1ccc(N)o1)C(=O)O. The maximum atomic E-state index is 11.4. The number of anilines is 1. The molecule has 0 aliphatic heterocycles. The van der Waals surface area contributed by atoms with Gasteiger partial charge in [0.15, 0.2) is 17.7 Å². The minimum atomic E-state index is -1.39. The van der Waals surface area contributed by atoms with Crippen LogP contribution in [0.1, 0.15) is 17.5 Å². The van der Waals surface area contributed by atoms with Gasteiger partial charge in [-0.15, -0.1) is 0 Å². The number of furan rings is 1. The van der Waals surface area contributed by atoms with E-state index in [9.17, 15) is 9.59 Å². The van der Waals surface area contributed by atoms with Crippen molar-refractivity contribution in [2.45, 2.75) is 19.1 Å². The van der Waals surface area contributed by atoms with E-state index in [-0.39, 0.29) is 11.6 Å². The summed E-state index contributed by atoms with van der Waals surface area (Å²) in [6, 6.07) is 1.29. The second-order valence-corrected chi connectivity index (χ2v) is 3.23. The van der Waals surface area contributed by atoms with Gasteiger partial charge in [-0.25, -0.2) is 4.79 Å². The fourth-order valence-corrected chi connectivity index (χ4v) is 1.08. The Kier molecular flexibility index (Phi) is 3.51. The summed E-state index contributed by atoms with van der Waals surface area (Å²) in [5.41, 5.74) is 5.25. The summed E-state index contributed by atoms with van der Waals surface area (Å²) in [6.07, 6.45) is -1.21. The van der Waals surface area contributed by atoms with Gasteiger partial charge in [0.2, 0.25) is 0 Å². The van der Waals surface area contributed by atoms with Crippen LogP contribution >= 0.6 is 0 Å². The van der Waals surface area contributed by atoms with Gasteiger partial charge in [0.25, 0.3) is 5.91 Å². The van der Waals surface area contributed by atoms with E-state index in [1.165, 1.54) is 19.1 Å². The molecule has 2 unspecified atom stereocenters. The van der Waals surface area contributed by atoms with Crippen LogP contribution in [0.15, 0.2) is 16.5 Å². The van der Waals surface area contributed by atoms with Crippen molar-refractivity contribution in [2.24, 2.45) is 0 Å². The largest absolute Gasteiger partial charge is 0.480 e. The predicted octanol–water partition coefficient (Wildman–Crippen LogP) is -0.574. The number of carbonyl (C=O) groups excluding carboxylic acids is 1. The first kappa shape index (κ1) is 12.1. The summed E-state index contributed by atoms with van der Waals surface area (Å²) in [6.45, 7) is 1.26. The van der Waals surface area contributed by atoms with E-state index in [1.54, 1.807) is 0 Å². The van der Waals surface area contributed by atoms with Gasteiger partial charge in [-0.05, 0) is 13.0 Å². The van der Waals surface area contributed by atoms with Crippen LogP contribution in [0.4, 0.5) is 5.88 Å². The lowest BCUT2D eigenvalue weighted by Gasteiger charge is -2.15. The van der Waals surface area contributed by atoms with Crippen LogP contribution in [0, 0.1) is 0 Å². The number of carboxylic acid groups (broad SMARTS) is 1. The highest BCUT2D eigenvalue weighted by Crippen LogP contribution is 2.09. The van der Waals surface area contributed by atoms with Crippen molar-refractivity contribution in [3.8, 4) is 0 Å². The Morgan fingerprint density at radius 3 is 2.50 bits per heavy atom. The Hall–Kier alpha value is -2.02. The van der Waals surface area contributed by atoms with Crippen molar-refractivity contribution in [1.82, 2.24) is 5.32 Å². The highest BCUT2D eigenvalue weighted by molar-refractivity contribution is 5.94. The van der Waals surface area contributed by atoms with Gasteiger partial charge in [0.05, 0.1) is 6.10 Å². The number of hydrogen-bond acceptors (Lipinski definition) is 5. The molecule has 0 radical (unpaired) electrons. The number of hydrogen-bond donors (Lipinski definition) is 4. The van der Waals surface area contributed by atoms with Gasteiger partial charge in [0.1, 0.15) is 0 Å². The van der Waals surface area contributed by atoms with E-state index < -0.39 is 24.0 Å². The molecule has 0 aliphatic carbocycles. The van der Waals surface area contributed by atoms with Gasteiger partial charge in [-0.1, -0.05) is 0 Å². The van der Waals surface area contributed by atoms with Crippen molar-refractivity contribution in [2.75, 3.05) is 5.73 Å². The molecule has 0 bridgehead atoms. The van der Waals surface area contributed by atoms with E-state index in [1.807, 2.05) is 0 Å². The number of nitrogens with two attached hydrogens (primary N) is 1. The van der Waals surface area contributed by atoms with Crippen LogP contribution in [0.25, 0.3) is 0 Å². The smallest absolute Gasteiger partial charge is 0.328 e. The van der Waals surface area contributed by atoms with Crippen LogP contribution < -0.4 is 11.1 Å². The number of aliphatic carboxylic acids is 1. The quantitative estimate of drug-likeness (QED) is 0.546. The number of amides is 1. The Bertz CT molecular complexity index is 398. The fraction of sp³-hybridized carbons (Fsp3) is 0.333. The second kappa shape index (κ2) is 4.67. The maximum absolute atomic E-state index is 11.4. The van der Waals surface area contributed by atoms with E-state index >= 15 is 0 Å². The number of nitrogen functional groups attached to an aromatic ring is 1. The number of aliphatic hydroxyl groups excluding tert-OH is 1. The summed E-state index contributed by atoms with van der Waals surface area (Å²) in [5.74, 6) is -2.13. The van der Waals surface area contributed by atoms with Crippen LogP contribution in [0.5, 0.6) is 0 Å². The first-order valence-electron chi connectivity index (χ1n) is 4.49. The Labute approximate surface area is 90.9 Å². The van der Waals surface area contributed by atoms with Crippen molar-refractivity contribution >= 4 is 17.8 Å². The summed E-state index contributed by atoms with van der Waals surface area (Å²) in [7, 11) is 0. The lowest BCUT2D eigenvalue weighted by Crippen LogP contribution is -2.47. The number of nitrogens with one attached hydrogen (secondary N) is 1. The number of carboxylic acids is 1. The zero-order chi connectivity index (χ0) is 12.3. The number of aliphatic hydroxyl groups is 1. The van der Waals surface area contributed by atoms with E-state index in [4.69, 9.17) is 20.4 Å². The van der Waals surface area contributed by atoms with E-state index in [0.717, 1.165) is 0 Å². The first-order valence-corrected chi connectivity index (χ1v) is 4.49. The summed E-state index contributed by atoms with van der Waals surface area (Å²) >= 11 is 0. The molecule has 1 rings (SSSR count). The summed E-state index contributed by atoms with van der Waals surface area (Å²) in [5, 5.41) is 20.0. The third-order valence-corrected chi connectivity index (χ3v) is 1.89. The molecule has 0 saturated heterocycles. The Balaban J connectivity index is 2.73. The molecular weight excluding hydrogens is 216 g/mol. The highest BCUT2D eigenvalue weighted by Gasteiger charge is 2.26. The molecule has 88 valence electrons. The average Bonchev–Trinajstić information content (AvgIpc) is 2.59. The van der Waals surface area contributed by atoms with Gasteiger partial charge < -0.3 is 25.7 Å². The molecule has 7 heteroatoms. The van der Waals surface area contributed by atoms with Gasteiger partial charge >= 0.3 is 5.97 Å². The molecule has 16 heavy (non-hydrogen) atoms. The van der Waals surface area contributed by atoms with Gasteiger partial charge in [0, 0.05) is 6.07 Å². The fourth-order valence-electron chi connectivity index (χ4n) is 1.08. The number of carbonyl (C=O) groups is 2. The topological polar surface area (TPSA) is 126 Å². The van der Waals surface area contributed by atoms with E-state index in [0.29, 0.717) is 0 Å². The third-order valence-electron chi connectivity index (χ3n) is 1.89. The molecule has 1 amide bonds. The van der Waals surface area contributed by atoms with Crippen LogP contribution in [-0.2, 0) is 4.79 Å². The van der Waals surface area contributed by atoms with Crippen molar-refractivity contribution in [3.05, 3.63) is 17.9 Å². The highest BCUT2D eigenvalue weighted by atomic mass is 16.4. The minimum absolute atomic E-state index is 0.0501. The van der Waals surface area contributed by atoms with Crippen LogP contribution in [-0.4, -0.2) is 34.2 Å². The molecular formula is C9H12N2O5. The monoisotopic (exact) mass is 228 g/mol. The zero-order valence-corrected chi connectivity index (χ0v) is 8.51. The normalized spacial score (nSPS) is 14.1. The molecule has 1 aromatic heterocycles. The van der Waals surface area contributed by atoms with Crippen LogP contribution in [0.3, 0.4) is 0 Å². The predicted molar refractivity (Wildman–Crippen MR) is 53.7 cm³/mol. The minimum Gasteiger partial charge on any atom is -0.480 e. The molecule has 0 saturated carbocycles. The van der Waals surface area contributed by atoms with Crippen LogP contribution in [0.2, 0.25) is 0 Å². The first-order chi connectivity index (χ1) is 7.41. The molecule has 0 aromatic carbocycles. The lowest BCUT2D eigenvalue weighted by molar-refractivity contribution is -0.141. The van der Waals surface area contributed by atoms with Gasteiger partial charge in [-0.3, -0.25) is 4.79 Å². The summed E-state index contributed by atoms with van der Waals surface area (Å²) < 4.78 is 4.80. The molecule has 5 N–H and O–H groups in total. The van der Waals surface area contributed by atoms with Crippen molar-refractivity contribution in [1.29, 1.82) is 0 Å². The molecule has 7 nitrogen and oxygen atoms in total. The maximum Gasteiger partial charge on any atom is 0.328 e. The molecule has 0 aliphatic rings. The summed E-state index contributed by atoms with van der Waals surface area (Å²) in [4.78, 5) is 22.1. The molecule has 2 atom stereocenters. The van der Waals surface area contributed by atoms with Gasteiger partial charge in [-0.2, -0.15) is 0 Å². The van der Waals surface area contributed by atoms with E-state index in [2.05, 4.69) is 5.32 Å². The van der Waals surface area contributed by atoms with Crippen molar-refractivity contribution < 1.29 is 24.2 Å². The average molecular weight is 228 g/mol. The molecule has 1 aromatic rings. The number of rotatable bonds is 4. The third kappa shape index (κ3) is 2.74. The Morgan fingerprint density at radius 1 is 1.50 bits per heavy atom. The second-order valence-electron chi connectivity index (χ2n) is 3.23. The van der Waals surface area contributed by atoms with Crippen molar-refractivity contribution in [3.63, 3.8) is 0 Å².